The lowest BCUT2D eigenvalue weighted by Crippen LogP contribution is -2.44. The van der Waals surface area contributed by atoms with Crippen LogP contribution in [0.5, 0.6) is 0 Å². The highest BCUT2D eigenvalue weighted by molar-refractivity contribution is 6.01. The van der Waals surface area contributed by atoms with Gasteiger partial charge in [0.05, 0.1) is 19.8 Å². The number of rotatable bonds is 3. The van der Waals surface area contributed by atoms with E-state index in [2.05, 4.69) is 0 Å². The maximum atomic E-state index is 12.4. The Morgan fingerprint density at radius 1 is 1.10 bits per heavy atom. The monoisotopic (exact) mass is 292 g/mol. The average molecular weight is 292 g/mol. The molecule has 1 fully saturated rings. The molecule has 5 nitrogen and oxygen atoms in total. The number of carbonyl (C=O) groups excluding carboxylic acids is 2. The molecule has 1 heterocycles. The Kier molecular flexibility index (Phi) is 4.05. The molecule has 1 aromatic carbocycles. The van der Waals surface area contributed by atoms with Crippen molar-refractivity contribution in [1.82, 2.24) is 0 Å². The summed E-state index contributed by atoms with van der Waals surface area (Å²) in [4.78, 5) is 24.8. The average Bonchev–Trinajstić information content (AvgIpc) is 2.79. The molecular formula is C16H20O5. The van der Waals surface area contributed by atoms with Crippen molar-refractivity contribution in [2.45, 2.75) is 32.0 Å². The molecule has 0 N–H and O–H groups in total. The molecule has 1 aliphatic rings. The lowest BCUT2D eigenvalue weighted by atomic mass is 9.75. The van der Waals surface area contributed by atoms with Gasteiger partial charge in [-0.25, -0.2) is 0 Å². The Labute approximate surface area is 124 Å². The van der Waals surface area contributed by atoms with Gasteiger partial charge in [0.1, 0.15) is 6.10 Å². The Balaban J connectivity index is 2.58. The molecule has 0 saturated carbocycles. The molecule has 0 amide bonds. The minimum absolute atomic E-state index is 0.207. The summed E-state index contributed by atoms with van der Waals surface area (Å²) in [5, 5.41) is 0. The smallest absolute Gasteiger partial charge is 0.326 e. The summed E-state index contributed by atoms with van der Waals surface area (Å²) in [6.45, 7) is 3.69. The summed E-state index contributed by atoms with van der Waals surface area (Å²) in [5.74, 6) is -1.26. The van der Waals surface area contributed by atoms with Crippen molar-refractivity contribution < 1.29 is 23.8 Å². The van der Waals surface area contributed by atoms with Gasteiger partial charge >= 0.3 is 11.9 Å². The molecule has 1 aromatic rings. The summed E-state index contributed by atoms with van der Waals surface area (Å²) in [5.41, 5.74) is -1.36. The van der Waals surface area contributed by atoms with E-state index in [4.69, 9.17) is 14.2 Å². The van der Waals surface area contributed by atoms with Gasteiger partial charge in [0, 0.05) is 6.42 Å². The highest BCUT2D eigenvalue weighted by Crippen LogP contribution is 2.53. The van der Waals surface area contributed by atoms with E-state index < -0.39 is 29.1 Å². The van der Waals surface area contributed by atoms with Gasteiger partial charge in [0.25, 0.3) is 0 Å². The van der Waals surface area contributed by atoms with Gasteiger partial charge in [0.15, 0.2) is 5.41 Å². The van der Waals surface area contributed by atoms with Crippen molar-refractivity contribution in [3.8, 4) is 0 Å². The SMILES string of the molecule is COC(=O)C1(C(=O)OC)CC(C)(C)O[C@@H]1c1ccccc1. The van der Waals surface area contributed by atoms with Crippen molar-refractivity contribution in [3.63, 3.8) is 0 Å². The minimum Gasteiger partial charge on any atom is -0.468 e. The maximum absolute atomic E-state index is 12.4. The number of esters is 2. The van der Waals surface area contributed by atoms with Crippen molar-refractivity contribution in [1.29, 1.82) is 0 Å². The maximum Gasteiger partial charge on any atom is 0.326 e. The topological polar surface area (TPSA) is 61.8 Å². The van der Waals surface area contributed by atoms with E-state index in [-0.39, 0.29) is 6.42 Å². The first kappa shape index (κ1) is 15.5. The molecule has 1 saturated heterocycles. The lowest BCUT2D eigenvalue weighted by Gasteiger charge is -2.28. The van der Waals surface area contributed by atoms with Crippen LogP contribution >= 0.6 is 0 Å². The third kappa shape index (κ3) is 2.53. The first-order valence-corrected chi connectivity index (χ1v) is 6.77. The van der Waals surface area contributed by atoms with Crippen molar-refractivity contribution in [3.05, 3.63) is 35.9 Å². The predicted molar refractivity (Wildman–Crippen MR) is 75.4 cm³/mol. The van der Waals surface area contributed by atoms with Crippen LogP contribution in [-0.2, 0) is 23.8 Å². The number of methoxy groups -OCH3 is 2. The van der Waals surface area contributed by atoms with Crippen LogP contribution in [0.4, 0.5) is 0 Å². The lowest BCUT2D eigenvalue weighted by molar-refractivity contribution is -0.174. The van der Waals surface area contributed by atoms with Gasteiger partial charge < -0.3 is 14.2 Å². The van der Waals surface area contributed by atoms with Crippen LogP contribution in [0.2, 0.25) is 0 Å². The number of hydrogen-bond donors (Lipinski definition) is 0. The normalized spacial score (nSPS) is 22.6. The fourth-order valence-corrected chi connectivity index (χ4v) is 3.01. The number of ether oxygens (including phenoxy) is 3. The van der Waals surface area contributed by atoms with E-state index in [0.29, 0.717) is 0 Å². The molecule has 0 aliphatic carbocycles. The van der Waals surface area contributed by atoms with E-state index in [1.807, 2.05) is 44.2 Å². The molecular weight excluding hydrogens is 272 g/mol. The molecule has 0 aromatic heterocycles. The van der Waals surface area contributed by atoms with Crippen LogP contribution in [0.1, 0.15) is 31.9 Å². The molecule has 21 heavy (non-hydrogen) atoms. The fourth-order valence-electron chi connectivity index (χ4n) is 3.01. The predicted octanol–water partition coefficient (Wildman–Crippen LogP) is 2.26. The van der Waals surface area contributed by atoms with Crippen molar-refractivity contribution >= 4 is 11.9 Å². The molecule has 1 atom stereocenters. The van der Waals surface area contributed by atoms with E-state index >= 15 is 0 Å². The van der Waals surface area contributed by atoms with Crippen LogP contribution < -0.4 is 0 Å². The molecule has 2 rings (SSSR count). The van der Waals surface area contributed by atoms with Crippen LogP contribution in [0.15, 0.2) is 30.3 Å². The molecule has 0 bridgehead atoms. The highest BCUT2D eigenvalue weighted by Gasteiger charge is 2.64. The molecule has 114 valence electrons. The summed E-state index contributed by atoms with van der Waals surface area (Å²) in [6.07, 6.45) is -0.521. The third-order valence-electron chi connectivity index (χ3n) is 3.79. The summed E-state index contributed by atoms with van der Waals surface area (Å²) < 4.78 is 15.8. The minimum atomic E-state index is -1.48. The zero-order valence-electron chi connectivity index (χ0n) is 12.7. The van der Waals surface area contributed by atoms with Crippen LogP contribution in [-0.4, -0.2) is 31.8 Å². The summed E-state index contributed by atoms with van der Waals surface area (Å²) in [6, 6.07) is 9.19. The number of carbonyl (C=O) groups is 2. The largest absolute Gasteiger partial charge is 0.468 e. The second kappa shape index (κ2) is 5.48. The van der Waals surface area contributed by atoms with Gasteiger partial charge in [-0.05, 0) is 19.4 Å². The Bertz CT molecular complexity index is 519. The number of hydrogen-bond acceptors (Lipinski definition) is 5. The fraction of sp³-hybridized carbons (Fsp3) is 0.500. The highest BCUT2D eigenvalue weighted by atomic mass is 16.6. The third-order valence-corrected chi connectivity index (χ3v) is 3.79. The Morgan fingerprint density at radius 2 is 1.62 bits per heavy atom. The van der Waals surface area contributed by atoms with E-state index in [9.17, 15) is 9.59 Å². The Hall–Kier alpha value is -1.88. The quantitative estimate of drug-likeness (QED) is 0.631. The molecule has 0 unspecified atom stereocenters. The molecule has 0 spiro atoms. The number of benzene rings is 1. The van der Waals surface area contributed by atoms with Crippen LogP contribution in [0.3, 0.4) is 0 Å². The van der Waals surface area contributed by atoms with Gasteiger partial charge in [0.2, 0.25) is 0 Å². The molecule has 0 radical (unpaired) electrons. The first-order valence-electron chi connectivity index (χ1n) is 6.77. The second-order valence-corrected chi connectivity index (χ2v) is 5.80. The van der Waals surface area contributed by atoms with E-state index in [1.165, 1.54) is 14.2 Å². The standard InChI is InChI=1S/C16H20O5/c1-15(2)10-16(13(17)19-3,14(18)20-4)12(21-15)11-8-6-5-7-9-11/h5-9,12H,10H2,1-4H3/t12-/m1/s1. The zero-order valence-corrected chi connectivity index (χ0v) is 12.7. The zero-order chi connectivity index (χ0) is 15.7. The molecule has 5 heteroatoms. The Morgan fingerprint density at radius 3 is 2.10 bits per heavy atom. The van der Waals surface area contributed by atoms with Crippen molar-refractivity contribution in [2.75, 3.05) is 14.2 Å². The van der Waals surface area contributed by atoms with Gasteiger partial charge in [-0.2, -0.15) is 0 Å². The first-order chi connectivity index (χ1) is 9.87. The van der Waals surface area contributed by atoms with Gasteiger partial charge in [-0.15, -0.1) is 0 Å². The van der Waals surface area contributed by atoms with E-state index in [0.717, 1.165) is 5.56 Å². The van der Waals surface area contributed by atoms with Crippen molar-refractivity contribution in [2.24, 2.45) is 5.41 Å². The van der Waals surface area contributed by atoms with E-state index in [1.54, 1.807) is 0 Å². The van der Waals surface area contributed by atoms with Gasteiger partial charge in [-0.3, -0.25) is 9.59 Å². The van der Waals surface area contributed by atoms with Crippen LogP contribution in [0.25, 0.3) is 0 Å². The molecule has 1 aliphatic heterocycles. The van der Waals surface area contributed by atoms with Gasteiger partial charge in [-0.1, -0.05) is 30.3 Å². The summed E-state index contributed by atoms with van der Waals surface area (Å²) in [7, 11) is 2.53. The van der Waals surface area contributed by atoms with Crippen LogP contribution in [0, 0.1) is 5.41 Å². The summed E-state index contributed by atoms with van der Waals surface area (Å²) >= 11 is 0. The second-order valence-electron chi connectivity index (χ2n) is 5.80.